The van der Waals surface area contributed by atoms with E-state index in [1.165, 1.54) is 10.6 Å². The molecule has 1 atom stereocenters. The molecule has 2 N–H and O–H groups in total. The topological polar surface area (TPSA) is 60.9 Å². The molecule has 0 radical (unpaired) electrons. The highest BCUT2D eigenvalue weighted by atomic mass is 32.2. The molecule has 2 rings (SSSR count). The number of benzene rings is 1. The molecule has 2 aromatic rings. The van der Waals surface area contributed by atoms with Gasteiger partial charge in [0.2, 0.25) is 5.95 Å². The molecule has 0 spiro atoms. The van der Waals surface area contributed by atoms with Crippen LogP contribution in [0.2, 0.25) is 0 Å². The first-order chi connectivity index (χ1) is 7.99. The molecule has 0 aliphatic heterocycles. The summed E-state index contributed by atoms with van der Waals surface area (Å²) in [6, 6.07) is 1.93. The van der Waals surface area contributed by atoms with E-state index in [1.807, 2.05) is 0 Å². The normalized spacial score (nSPS) is 13.1. The number of aryl methyl sites for hydroxylation is 1. The summed E-state index contributed by atoms with van der Waals surface area (Å²) in [7, 11) is -1.00. The predicted molar refractivity (Wildman–Crippen MR) is 63.0 cm³/mol. The molecule has 92 valence electrons. The lowest BCUT2D eigenvalue weighted by Gasteiger charge is -2.04. The van der Waals surface area contributed by atoms with Gasteiger partial charge in [0.25, 0.3) is 0 Å². The number of imidazole rings is 1. The molecule has 0 saturated carbocycles. The van der Waals surface area contributed by atoms with Crippen molar-refractivity contribution in [3.05, 3.63) is 23.8 Å². The number of rotatable bonds is 3. The summed E-state index contributed by atoms with van der Waals surface area (Å²) in [5, 5.41) is 0. The molecule has 17 heavy (non-hydrogen) atoms. The number of anilines is 1. The number of hydrogen-bond donors (Lipinski definition) is 1. The van der Waals surface area contributed by atoms with Gasteiger partial charge in [-0.3, -0.25) is 4.21 Å². The van der Waals surface area contributed by atoms with Crippen molar-refractivity contribution in [3.8, 4) is 0 Å². The van der Waals surface area contributed by atoms with Crippen LogP contribution >= 0.6 is 0 Å². The molecule has 1 unspecified atom stereocenters. The summed E-state index contributed by atoms with van der Waals surface area (Å²) in [4.78, 5) is 3.83. The number of hydrogen-bond acceptors (Lipinski definition) is 3. The highest BCUT2D eigenvalue weighted by Gasteiger charge is 2.13. The predicted octanol–water partition coefficient (Wildman–Crippen LogP) is 1.28. The number of nitrogens with two attached hydrogens (primary N) is 1. The van der Waals surface area contributed by atoms with E-state index >= 15 is 0 Å². The van der Waals surface area contributed by atoms with E-state index in [4.69, 9.17) is 5.73 Å². The molecule has 1 aromatic heterocycles. The minimum Gasteiger partial charge on any atom is -0.369 e. The molecule has 0 bridgehead atoms. The maximum absolute atomic E-state index is 13.4. The summed E-state index contributed by atoms with van der Waals surface area (Å²) >= 11 is 0. The quantitative estimate of drug-likeness (QED) is 0.903. The van der Waals surface area contributed by atoms with Crippen molar-refractivity contribution in [3.63, 3.8) is 0 Å². The van der Waals surface area contributed by atoms with Crippen molar-refractivity contribution in [2.45, 2.75) is 6.54 Å². The van der Waals surface area contributed by atoms with Crippen molar-refractivity contribution >= 4 is 27.8 Å². The van der Waals surface area contributed by atoms with E-state index in [0.29, 0.717) is 12.3 Å². The van der Waals surface area contributed by atoms with Gasteiger partial charge in [-0.05, 0) is 0 Å². The lowest BCUT2D eigenvalue weighted by molar-refractivity contribution is 0.590. The first kappa shape index (κ1) is 12.0. The van der Waals surface area contributed by atoms with Gasteiger partial charge in [-0.15, -0.1) is 0 Å². The van der Waals surface area contributed by atoms with Crippen molar-refractivity contribution in [1.29, 1.82) is 0 Å². The summed E-state index contributed by atoms with van der Waals surface area (Å²) in [5.41, 5.74) is 5.94. The van der Waals surface area contributed by atoms with Gasteiger partial charge in [-0.2, -0.15) is 0 Å². The fourth-order valence-electron chi connectivity index (χ4n) is 1.62. The summed E-state index contributed by atoms with van der Waals surface area (Å²) in [5.74, 6) is -0.986. The van der Waals surface area contributed by atoms with Crippen LogP contribution in [0, 0.1) is 11.6 Å². The fraction of sp³-hybridized carbons (Fsp3) is 0.300. The number of nitrogen functional groups attached to an aromatic ring is 1. The second-order valence-corrected chi connectivity index (χ2v) is 5.21. The molecular weight excluding hydrogens is 248 g/mol. The number of halogens is 2. The van der Waals surface area contributed by atoms with E-state index in [9.17, 15) is 13.0 Å². The molecule has 1 heterocycles. The minimum atomic E-state index is -1.00. The zero-order valence-corrected chi connectivity index (χ0v) is 9.93. The van der Waals surface area contributed by atoms with Gasteiger partial charge >= 0.3 is 0 Å². The van der Waals surface area contributed by atoms with Gasteiger partial charge in [0.05, 0.1) is 5.52 Å². The van der Waals surface area contributed by atoms with Crippen LogP contribution in [-0.4, -0.2) is 25.8 Å². The van der Waals surface area contributed by atoms with Crippen molar-refractivity contribution < 1.29 is 13.0 Å². The average Bonchev–Trinajstić information content (AvgIpc) is 2.52. The Hall–Kier alpha value is -1.50. The first-order valence-corrected chi connectivity index (χ1v) is 6.62. The largest absolute Gasteiger partial charge is 0.369 e. The number of fused-ring (bicyclic) bond motifs is 1. The van der Waals surface area contributed by atoms with E-state index in [-0.39, 0.29) is 17.0 Å². The van der Waals surface area contributed by atoms with Crippen LogP contribution in [0.15, 0.2) is 12.1 Å². The molecule has 0 saturated heterocycles. The Morgan fingerprint density at radius 2 is 2.18 bits per heavy atom. The van der Waals surface area contributed by atoms with E-state index in [0.717, 1.165) is 6.07 Å². The zero-order chi connectivity index (χ0) is 12.6. The highest BCUT2D eigenvalue weighted by Crippen LogP contribution is 2.22. The number of nitrogens with zero attached hydrogens (tertiary/aromatic N) is 2. The lowest BCUT2D eigenvalue weighted by Crippen LogP contribution is -2.09. The SMILES string of the molecule is CS(=O)CCn1c(N)nc2c(F)cc(F)cc21. The molecule has 0 amide bonds. The van der Waals surface area contributed by atoms with Crippen LogP contribution in [-0.2, 0) is 17.3 Å². The highest BCUT2D eigenvalue weighted by molar-refractivity contribution is 7.84. The maximum Gasteiger partial charge on any atom is 0.201 e. The Kier molecular flexibility index (Phi) is 3.10. The Morgan fingerprint density at radius 3 is 2.82 bits per heavy atom. The van der Waals surface area contributed by atoms with E-state index < -0.39 is 22.4 Å². The van der Waals surface area contributed by atoms with Crippen molar-refractivity contribution in [2.24, 2.45) is 0 Å². The van der Waals surface area contributed by atoms with Crippen LogP contribution in [0.25, 0.3) is 11.0 Å². The minimum absolute atomic E-state index is 0.0331. The van der Waals surface area contributed by atoms with Gasteiger partial charge in [0.1, 0.15) is 11.3 Å². The molecule has 7 heteroatoms. The first-order valence-electron chi connectivity index (χ1n) is 4.90. The Balaban J connectivity index is 2.54. The Bertz CT molecular complexity index is 597. The van der Waals surface area contributed by atoms with Gasteiger partial charge in [-0.25, -0.2) is 13.8 Å². The third-order valence-electron chi connectivity index (χ3n) is 2.40. The van der Waals surface area contributed by atoms with E-state index in [2.05, 4.69) is 4.98 Å². The van der Waals surface area contributed by atoms with Crippen LogP contribution in [0.1, 0.15) is 0 Å². The molecule has 0 aliphatic rings. The van der Waals surface area contributed by atoms with Gasteiger partial charge in [0, 0.05) is 41.5 Å². The van der Waals surface area contributed by atoms with Gasteiger partial charge < -0.3 is 10.3 Å². The average molecular weight is 259 g/mol. The summed E-state index contributed by atoms with van der Waals surface area (Å²) in [6.07, 6.45) is 1.55. The molecule has 0 fully saturated rings. The Labute approximate surface area is 98.9 Å². The van der Waals surface area contributed by atoms with Crippen LogP contribution in [0.4, 0.5) is 14.7 Å². The molecule has 0 aliphatic carbocycles. The molecular formula is C10H11F2N3OS. The second-order valence-electron chi connectivity index (χ2n) is 3.65. The smallest absolute Gasteiger partial charge is 0.201 e. The summed E-state index contributed by atoms with van der Waals surface area (Å²) < 4.78 is 39.0. The van der Waals surface area contributed by atoms with Crippen molar-refractivity contribution in [1.82, 2.24) is 9.55 Å². The van der Waals surface area contributed by atoms with Crippen LogP contribution in [0.3, 0.4) is 0 Å². The monoisotopic (exact) mass is 259 g/mol. The second kappa shape index (κ2) is 4.40. The lowest BCUT2D eigenvalue weighted by atomic mass is 10.3. The molecule has 1 aromatic carbocycles. The standard InChI is InChI=1S/C10H11F2N3OS/c1-17(16)3-2-15-8-5-6(11)4-7(12)9(8)14-10(15)13/h4-5H,2-3H2,1H3,(H2,13,14). The van der Waals surface area contributed by atoms with Crippen LogP contribution < -0.4 is 5.73 Å². The number of aromatic nitrogens is 2. The maximum atomic E-state index is 13.4. The van der Waals surface area contributed by atoms with Crippen LogP contribution in [0.5, 0.6) is 0 Å². The third-order valence-corrected chi connectivity index (χ3v) is 3.16. The van der Waals surface area contributed by atoms with E-state index in [1.54, 1.807) is 6.26 Å². The zero-order valence-electron chi connectivity index (χ0n) is 9.11. The summed E-state index contributed by atoms with van der Waals surface area (Å²) in [6.45, 7) is 0.314. The van der Waals surface area contributed by atoms with Crippen molar-refractivity contribution in [2.75, 3.05) is 17.7 Å². The fourth-order valence-corrected chi connectivity index (χ4v) is 2.06. The molecule has 4 nitrogen and oxygen atoms in total. The Morgan fingerprint density at radius 1 is 1.47 bits per heavy atom. The third kappa shape index (κ3) is 2.28. The van der Waals surface area contributed by atoms with Gasteiger partial charge in [-0.1, -0.05) is 0 Å². The van der Waals surface area contributed by atoms with Gasteiger partial charge in [0.15, 0.2) is 5.82 Å².